The number of ether oxygens (including phenoxy) is 1. The smallest absolute Gasteiger partial charge is 0.274 e. The Hall–Kier alpha value is -3.48. The molecule has 0 saturated heterocycles. The lowest BCUT2D eigenvalue weighted by atomic mass is 10.1. The number of rotatable bonds is 7. The average molecular weight is 380 g/mol. The Morgan fingerprint density at radius 3 is 2.64 bits per heavy atom. The highest BCUT2D eigenvalue weighted by Gasteiger charge is 2.13. The van der Waals surface area contributed by atoms with Crippen LogP contribution >= 0.6 is 0 Å². The Bertz CT molecular complexity index is 978. The van der Waals surface area contributed by atoms with Gasteiger partial charge < -0.3 is 15.4 Å². The quantitative estimate of drug-likeness (QED) is 0.651. The lowest BCUT2D eigenvalue weighted by Crippen LogP contribution is -2.17. The van der Waals surface area contributed by atoms with Crippen LogP contribution in [0.1, 0.15) is 21.7 Å². The van der Waals surface area contributed by atoms with Gasteiger partial charge in [0.15, 0.2) is 0 Å². The second-order valence-corrected chi connectivity index (χ2v) is 6.14. The molecular formula is C21H21FN4O2. The Balaban J connectivity index is 1.68. The molecule has 0 unspecified atom stereocenters. The van der Waals surface area contributed by atoms with E-state index in [2.05, 4.69) is 20.6 Å². The van der Waals surface area contributed by atoms with Crippen molar-refractivity contribution in [2.24, 2.45) is 0 Å². The van der Waals surface area contributed by atoms with Gasteiger partial charge in [-0.3, -0.25) is 4.79 Å². The number of benzene rings is 2. The normalized spacial score (nSPS) is 10.4. The molecular weight excluding hydrogens is 359 g/mol. The number of anilines is 2. The summed E-state index contributed by atoms with van der Waals surface area (Å²) in [4.78, 5) is 21.2. The van der Waals surface area contributed by atoms with Crippen LogP contribution in [0.4, 0.5) is 16.0 Å². The van der Waals surface area contributed by atoms with Crippen LogP contribution in [0.25, 0.3) is 0 Å². The van der Waals surface area contributed by atoms with Gasteiger partial charge in [-0.15, -0.1) is 0 Å². The van der Waals surface area contributed by atoms with Crippen LogP contribution in [0.2, 0.25) is 0 Å². The van der Waals surface area contributed by atoms with Crippen LogP contribution in [0.3, 0.4) is 0 Å². The number of hydrogen-bond donors (Lipinski definition) is 2. The topological polar surface area (TPSA) is 76.1 Å². The van der Waals surface area contributed by atoms with E-state index in [1.165, 1.54) is 13.2 Å². The van der Waals surface area contributed by atoms with Crippen molar-refractivity contribution in [1.82, 2.24) is 9.97 Å². The molecule has 0 aliphatic carbocycles. The molecule has 0 atom stereocenters. The number of carbonyl (C=O) groups excluding carboxylic acids is 1. The fraction of sp³-hybridized carbons (Fsp3) is 0.190. The van der Waals surface area contributed by atoms with Crippen molar-refractivity contribution in [2.45, 2.75) is 13.3 Å². The van der Waals surface area contributed by atoms with Crippen molar-refractivity contribution in [2.75, 3.05) is 24.3 Å². The zero-order valence-corrected chi connectivity index (χ0v) is 15.7. The molecule has 0 aliphatic rings. The SMILES string of the molecule is COc1ccccc1NC(=O)c1cc(C)nc(NCCc2ccccc2F)n1. The fourth-order valence-electron chi connectivity index (χ4n) is 2.71. The molecule has 0 saturated carbocycles. The second kappa shape index (κ2) is 8.94. The van der Waals surface area contributed by atoms with E-state index in [-0.39, 0.29) is 17.4 Å². The molecule has 0 fully saturated rings. The number of methoxy groups -OCH3 is 1. The number of halogens is 1. The molecule has 1 amide bonds. The maximum atomic E-state index is 13.7. The van der Waals surface area contributed by atoms with E-state index in [1.807, 2.05) is 6.07 Å². The molecule has 0 spiro atoms. The maximum Gasteiger partial charge on any atom is 0.274 e. The van der Waals surface area contributed by atoms with Gasteiger partial charge in [0.2, 0.25) is 5.95 Å². The average Bonchev–Trinajstić information content (AvgIpc) is 2.69. The third-order valence-electron chi connectivity index (χ3n) is 4.08. The maximum absolute atomic E-state index is 13.7. The first-order chi connectivity index (χ1) is 13.6. The Labute approximate surface area is 162 Å². The molecule has 28 heavy (non-hydrogen) atoms. The van der Waals surface area contributed by atoms with Gasteiger partial charge >= 0.3 is 0 Å². The Kier molecular flexibility index (Phi) is 6.16. The largest absolute Gasteiger partial charge is 0.495 e. The third-order valence-corrected chi connectivity index (χ3v) is 4.08. The Morgan fingerprint density at radius 1 is 1.11 bits per heavy atom. The highest BCUT2D eigenvalue weighted by molar-refractivity contribution is 6.03. The van der Waals surface area contributed by atoms with Gasteiger partial charge in [0.1, 0.15) is 17.3 Å². The van der Waals surface area contributed by atoms with Gasteiger partial charge in [0.25, 0.3) is 5.91 Å². The van der Waals surface area contributed by atoms with Crippen LogP contribution in [0, 0.1) is 12.7 Å². The first kappa shape index (κ1) is 19.3. The van der Waals surface area contributed by atoms with Crippen molar-refractivity contribution in [3.63, 3.8) is 0 Å². The third kappa shape index (κ3) is 4.82. The zero-order valence-electron chi connectivity index (χ0n) is 15.7. The number of aromatic nitrogens is 2. The second-order valence-electron chi connectivity index (χ2n) is 6.14. The predicted molar refractivity (Wildman–Crippen MR) is 106 cm³/mol. The van der Waals surface area contributed by atoms with Gasteiger partial charge in [0, 0.05) is 12.2 Å². The van der Waals surface area contributed by atoms with Crippen LogP contribution < -0.4 is 15.4 Å². The molecule has 0 bridgehead atoms. The number of para-hydroxylation sites is 2. The summed E-state index contributed by atoms with van der Waals surface area (Å²) in [6.45, 7) is 2.22. The van der Waals surface area contributed by atoms with Gasteiger partial charge in [-0.25, -0.2) is 14.4 Å². The van der Waals surface area contributed by atoms with E-state index in [0.717, 1.165) is 0 Å². The van der Waals surface area contributed by atoms with E-state index in [0.29, 0.717) is 41.6 Å². The summed E-state index contributed by atoms with van der Waals surface area (Å²) in [5.41, 5.74) is 2.04. The van der Waals surface area contributed by atoms with Gasteiger partial charge in [-0.2, -0.15) is 0 Å². The van der Waals surface area contributed by atoms with Gasteiger partial charge in [-0.1, -0.05) is 30.3 Å². The molecule has 1 aromatic heterocycles. The first-order valence-corrected chi connectivity index (χ1v) is 8.84. The predicted octanol–water partition coefficient (Wildman–Crippen LogP) is 3.84. The summed E-state index contributed by atoms with van der Waals surface area (Å²) in [6.07, 6.45) is 0.479. The van der Waals surface area contributed by atoms with Crippen molar-refractivity contribution < 1.29 is 13.9 Å². The van der Waals surface area contributed by atoms with Gasteiger partial charge in [-0.05, 0) is 43.2 Å². The highest BCUT2D eigenvalue weighted by atomic mass is 19.1. The zero-order chi connectivity index (χ0) is 19.9. The summed E-state index contributed by atoms with van der Waals surface area (Å²) < 4.78 is 18.9. The number of nitrogens with zero attached hydrogens (tertiary/aromatic N) is 2. The summed E-state index contributed by atoms with van der Waals surface area (Å²) in [7, 11) is 1.54. The highest BCUT2D eigenvalue weighted by Crippen LogP contribution is 2.23. The molecule has 2 N–H and O–H groups in total. The number of hydrogen-bond acceptors (Lipinski definition) is 5. The molecule has 3 aromatic rings. The van der Waals surface area contributed by atoms with E-state index in [9.17, 15) is 9.18 Å². The number of carbonyl (C=O) groups is 1. The minimum Gasteiger partial charge on any atom is -0.495 e. The molecule has 7 heteroatoms. The van der Waals surface area contributed by atoms with Crippen molar-refractivity contribution in [3.05, 3.63) is 77.4 Å². The van der Waals surface area contributed by atoms with Crippen LogP contribution in [0.5, 0.6) is 5.75 Å². The molecule has 1 heterocycles. The summed E-state index contributed by atoms with van der Waals surface area (Å²) in [6, 6.07) is 15.4. The van der Waals surface area contributed by atoms with Crippen LogP contribution in [0.15, 0.2) is 54.6 Å². The fourth-order valence-corrected chi connectivity index (χ4v) is 2.71. The molecule has 0 radical (unpaired) electrons. The standard InChI is InChI=1S/C21H21FN4O2/c1-14-13-18(20(27)25-17-9-5-6-10-19(17)28-2)26-21(24-14)23-12-11-15-7-3-4-8-16(15)22/h3-10,13H,11-12H2,1-2H3,(H,25,27)(H,23,24,26). The first-order valence-electron chi connectivity index (χ1n) is 8.84. The summed E-state index contributed by atoms with van der Waals surface area (Å²) >= 11 is 0. The lowest BCUT2D eigenvalue weighted by molar-refractivity contribution is 0.102. The monoisotopic (exact) mass is 380 g/mol. The van der Waals surface area contributed by atoms with E-state index < -0.39 is 0 Å². The molecule has 144 valence electrons. The minimum atomic E-state index is -0.368. The van der Waals surface area contributed by atoms with E-state index in [4.69, 9.17) is 4.74 Å². The van der Waals surface area contributed by atoms with Crippen molar-refractivity contribution in [3.8, 4) is 5.75 Å². The molecule has 3 rings (SSSR count). The van der Waals surface area contributed by atoms with Crippen molar-refractivity contribution in [1.29, 1.82) is 0 Å². The molecule has 2 aromatic carbocycles. The molecule has 6 nitrogen and oxygen atoms in total. The number of amides is 1. The number of aryl methyl sites for hydroxylation is 1. The molecule has 0 aliphatic heterocycles. The minimum absolute atomic E-state index is 0.229. The lowest BCUT2D eigenvalue weighted by Gasteiger charge is -2.11. The van der Waals surface area contributed by atoms with E-state index in [1.54, 1.807) is 49.4 Å². The van der Waals surface area contributed by atoms with Crippen molar-refractivity contribution >= 4 is 17.5 Å². The summed E-state index contributed by atoms with van der Waals surface area (Å²) in [5, 5.41) is 5.84. The Morgan fingerprint density at radius 2 is 1.86 bits per heavy atom. The number of nitrogens with one attached hydrogen (secondary N) is 2. The summed E-state index contributed by atoms with van der Waals surface area (Å²) in [5.74, 6) is 0.268. The van der Waals surface area contributed by atoms with E-state index >= 15 is 0 Å². The van der Waals surface area contributed by atoms with Crippen LogP contribution in [-0.4, -0.2) is 29.5 Å². The van der Waals surface area contributed by atoms with Crippen LogP contribution in [-0.2, 0) is 6.42 Å². The van der Waals surface area contributed by atoms with Gasteiger partial charge in [0.05, 0.1) is 12.8 Å².